The van der Waals surface area contributed by atoms with E-state index in [1.807, 2.05) is 36.4 Å². The Balaban J connectivity index is 2.00. The van der Waals surface area contributed by atoms with E-state index in [1.165, 1.54) is 0 Å². The summed E-state index contributed by atoms with van der Waals surface area (Å²) in [6.07, 6.45) is 0.557. The zero-order chi connectivity index (χ0) is 15.7. The fraction of sp³-hybridized carbons (Fsp3) is 0.235. The molecule has 0 fully saturated rings. The topological polar surface area (TPSA) is 47.6 Å². The van der Waals surface area contributed by atoms with Gasteiger partial charge in [0.05, 0.1) is 20.1 Å². The molecule has 22 heavy (non-hydrogen) atoms. The van der Waals surface area contributed by atoms with Crippen LogP contribution in [0.5, 0.6) is 11.5 Å². The molecule has 0 spiro atoms. The Morgan fingerprint density at radius 1 is 1.18 bits per heavy atom. The lowest BCUT2D eigenvalue weighted by Gasteiger charge is -2.16. The molecule has 114 valence electrons. The molecule has 5 heteroatoms. The Bertz CT molecular complexity index is 730. The number of nitrogens with one attached hydrogen (secondary N) is 1. The molecule has 0 radical (unpaired) electrons. The van der Waals surface area contributed by atoms with Crippen LogP contribution in [-0.2, 0) is 11.2 Å². The summed E-state index contributed by atoms with van der Waals surface area (Å²) in [5.74, 6) is 1.12. The van der Waals surface area contributed by atoms with E-state index in [0.29, 0.717) is 17.9 Å². The lowest BCUT2D eigenvalue weighted by molar-refractivity contribution is -0.117. The highest BCUT2D eigenvalue weighted by molar-refractivity contribution is 9.10. The minimum atomic E-state index is -0.218. The van der Waals surface area contributed by atoms with Gasteiger partial charge in [0, 0.05) is 15.7 Å². The molecule has 1 atom stereocenters. The van der Waals surface area contributed by atoms with Crippen LogP contribution in [0.4, 0.5) is 5.69 Å². The number of carbonyl (C=O) groups is 1. The van der Waals surface area contributed by atoms with Gasteiger partial charge in [-0.15, -0.1) is 0 Å². The average molecular weight is 362 g/mol. The van der Waals surface area contributed by atoms with Crippen LogP contribution >= 0.6 is 15.9 Å². The fourth-order valence-electron chi connectivity index (χ4n) is 2.86. The minimum absolute atomic E-state index is 0.0159. The van der Waals surface area contributed by atoms with Crippen molar-refractivity contribution in [2.24, 2.45) is 0 Å². The monoisotopic (exact) mass is 361 g/mol. The highest BCUT2D eigenvalue weighted by Crippen LogP contribution is 2.40. The first-order valence-corrected chi connectivity index (χ1v) is 7.73. The predicted molar refractivity (Wildman–Crippen MR) is 88.8 cm³/mol. The van der Waals surface area contributed by atoms with Crippen LogP contribution in [0.3, 0.4) is 0 Å². The molecule has 0 saturated carbocycles. The number of para-hydroxylation sites is 1. The summed E-state index contributed by atoms with van der Waals surface area (Å²) in [5.41, 5.74) is 2.84. The second-order valence-corrected chi connectivity index (χ2v) is 6.05. The Morgan fingerprint density at radius 3 is 2.68 bits per heavy atom. The molecule has 2 aromatic rings. The molecule has 0 bridgehead atoms. The molecule has 1 N–H and O–H groups in total. The van der Waals surface area contributed by atoms with Crippen molar-refractivity contribution in [1.29, 1.82) is 0 Å². The molecular weight excluding hydrogens is 346 g/mol. The first kappa shape index (κ1) is 14.9. The van der Waals surface area contributed by atoms with Crippen molar-refractivity contribution >= 4 is 27.5 Å². The summed E-state index contributed by atoms with van der Waals surface area (Å²) >= 11 is 3.48. The Hall–Kier alpha value is -2.01. The minimum Gasteiger partial charge on any atom is -0.493 e. The predicted octanol–water partition coefficient (Wildman–Crippen LogP) is 3.74. The van der Waals surface area contributed by atoms with Crippen molar-refractivity contribution in [3.8, 4) is 11.5 Å². The maximum Gasteiger partial charge on any atom is 0.232 e. The number of carbonyl (C=O) groups excluding carboxylic acids is 1. The van der Waals surface area contributed by atoms with Gasteiger partial charge in [-0.2, -0.15) is 0 Å². The molecule has 0 aliphatic carbocycles. The van der Waals surface area contributed by atoms with E-state index >= 15 is 0 Å². The van der Waals surface area contributed by atoms with Crippen LogP contribution in [0, 0.1) is 0 Å². The summed E-state index contributed by atoms with van der Waals surface area (Å²) in [4.78, 5) is 12.3. The van der Waals surface area contributed by atoms with Gasteiger partial charge in [0.1, 0.15) is 0 Å². The van der Waals surface area contributed by atoms with Crippen LogP contribution < -0.4 is 14.8 Å². The molecule has 1 aliphatic rings. The molecule has 1 amide bonds. The van der Waals surface area contributed by atoms with Crippen molar-refractivity contribution in [1.82, 2.24) is 0 Å². The van der Waals surface area contributed by atoms with Gasteiger partial charge in [-0.3, -0.25) is 4.79 Å². The first-order valence-electron chi connectivity index (χ1n) is 6.94. The summed E-state index contributed by atoms with van der Waals surface area (Å²) in [6, 6.07) is 11.6. The van der Waals surface area contributed by atoms with Gasteiger partial charge in [0.2, 0.25) is 5.91 Å². The van der Waals surface area contributed by atoms with Gasteiger partial charge in [-0.1, -0.05) is 34.1 Å². The van der Waals surface area contributed by atoms with Crippen LogP contribution in [0.25, 0.3) is 0 Å². The number of hydrogen-bond acceptors (Lipinski definition) is 3. The molecule has 0 unspecified atom stereocenters. The third-order valence-electron chi connectivity index (χ3n) is 3.86. The third kappa shape index (κ3) is 2.57. The largest absolute Gasteiger partial charge is 0.493 e. The van der Waals surface area contributed by atoms with Gasteiger partial charge < -0.3 is 14.8 Å². The Kier molecular flexibility index (Phi) is 4.07. The van der Waals surface area contributed by atoms with E-state index < -0.39 is 0 Å². The third-order valence-corrected chi connectivity index (χ3v) is 4.31. The van der Waals surface area contributed by atoms with Crippen molar-refractivity contribution < 1.29 is 14.3 Å². The quantitative estimate of drug-likeness (QED) is 0.901. The summed E-state index contributed by atoms with van der Waals surface area (Å²) in [6.45, 7) is 0. The van der Waals surface area contributed by atoms with Gasteiger partial charge in [0.15, 0.2) is 11.5 Å². The molecule has 3 rings (SSSR count). The number of halogens is 1. The highest BCUT2D eigenvalue weighted by Gasteiger charge is 2.31. The van der Waals surface area contributed by atoms with Crippen LogP contribution in [0.2, 0.25) is 0 Å². The molecule has 1 aliphatic heterocycles. The van der Waals surface area contributed by atoms with E-state index in [9.17, 15) is 4.79 Å². The van der Waals surface area contributed by atoms with E-state index in [-0.39, 0.29) is 11.8 Å². The summed E-state index contributed by atoms with van der Waals surface area (Å²) in [7, 11) is 3.21. The molecule has 2 aromatic carbocycles. The number of rotatable bonds is 4. The van der Waals surface area contributed by atoms with Gasteiger partial charge in [0.25, 0.3) is 0 Å². The Labute approximate surface area is 137 Å². The van der Waals surface area contributed by atoms with Gasteiger partial charge in [-0.05, 0) is 30.2 Å². The Morgan fingerprint density at radius 2 is 1.95 bits per heavy atom. The smallest absolute Gasteiger partial charge is 0.232 e. The second kappa shape index (κ2) is 6.01. The van der Waals surface area contributed by atoms with Crippen molar-refractivity contribution in [2.45, 2.75) is 12.3 Å². The van der Waals surface area contributed by atoms with Crippen molar-refractivity contribution in [2.75, 3.05) is 19.5 Å². The number of fused-ring (bicyclic) bond motifs is 1. The lowest BCUT2D eigenvalue weighted by atomic mass is 9.92. The summed E-state index contributed by atoms with van der Waals surface area (Å²) in [5, 5.41) is 2.93. The fourth-order valence-corrected chi connectivity index (χ4v) is 3.34. The highest BCUT2D eigenvalue weighted by atomic mass is 79.9. The van der Waals surface area contributed by atoms with E-state index in [2.05, 4.69) is 21.2 Å². The van der Waals surface area contributed by atoms with E-state index in [0.717, 1.165) is 21.3 Å². The number of hydrogen-bond donors (Lipinski definition) is 1. The average Bonchev–Trinajstić information content (AvgIpc) is 2.83. The summed E-state index contributed by atoms with van der Waals surface area (Å²) < 4.78 is 11.7. The van der Waals surface area contributed by atoms with Crippen molar-refractivity contribution in [3.63, 3.8) is 0 Å². The zero-order valence-electron chi connectivity index (χ0n) is 12.4. The SMILES string of the molecule is COc1cc(Br)cc(C[C@H]2C(=O)Nc3ccccc32)c1OC. The maximum atomic E-state index is 12.3. The second-order valence-electron chi connectivity index (χ2n) is 5.13. The molecule has 0 aromatic heterocycles. The molecule has 0 saturated heterocycles. The lowest BCUT2D eigenvalue weighted by Crippen LogP contribution is -2.15. The first-order chi connectivity index (χ1) is 10.6. The van der Waals surface area contributed by atoms with E-state index in [4.69, 9.17) is 9.47 Å². The number of anilines is 1. The molecule has 4 nitrogen and oxygen atoms in total. The molecular formula is C17H16BrNO3. The zero-order valence-corrected chi connectivity index (χ0v) is 13.9. The van der Waals surface area contributed by atoms with Crippen LogP contribution in [0.1, 0.15) is 17.0 Å². The van der Waals surface area contributed by atoms with Crippen molar-refractivity contribution in [3.05, 3.63) is 52.0 Å². The molecule has 1 heterocycles. The van der Waals surface area contributed by atoms with Crippen LogP contribution in [-0.4, -0.2) is 20.1 Å². The number of benzene rings is 2. The van der Waals surface area contributed by atoms with E-state index in [1.54, 1.807) is 14.2 Å². The number of methoxy groups -OCH3 is 2. The van der Waals surface area contributed by atoms with Crippen LogP contribution in [0.15, 0.2) is 40.9 Å². The van der Waals surface area contributed by atoms with Gasteiger partial charge >= 0.3 is 0 Å². The standard InChI is InChI=1S/C17H16BrNO3/c1-21-15-9-11(18)7-10(16(15)22-2)8-13-12-5-3-4-6-14(12)19-17(13)20/h3-7,9,13H,8H2,1-2H3,(H,19,20)/t13-/m1/s1. The normalized spacial score (nSPS) is 16.1. The maximum absolute atomic E-state index is 12.3. The number of ether oxygens (including phenoxy) is 2. The number of amides is 1. The van der Waals surface area contributed by atoms with Gasteiger partial charge in [-0.25, -0.2) is 0 Å².